The fourth-order valence-electron chi connectivity index (χ4n) is 5.22. The molecule has 2 aliphatic heterocycles. The molecule has 186 valence electrons. The summed E-state index contributed by atoms with van der Waals surface area (Å²) in [6.07, 6.45) is -2.16. The monoisotopic (exact) mass is 505 g/mol. The van der Waals surface area contributed by atoms with Crippen LogP contribution < -0.4 is 10.2 Å². The van der Waals surface area contributed by atoms with E-state index in [4.69, 9.17) is 0 Å². The van der Waals surface area contributed by atoms with Crippen molar-refractivity contribution in [2.75, 3.05) is 43.5 Å². The van der Waals surface area contributed by atoms with E-state index in [9.17, 15) is 18.0 Å². The predicted octanol–water partition coefficient (Wildman–Crippen LogP) is 5.08. The van der Waals surface area contributed by atoms with Crippen LogP contribution in [0, 0.1) is 5.41 Å². The molecule has 1 atom stereocenters. The van der Waals surface area contributed by atoms with Crippen LogP contribution in [0.2, 0.25) is 0 Å². The van der Waals surface area contributed by atoms with Crippen molar-refractivity contribution in [3.63, 3.8) is 0 Å². The summed E-state index contributed by atoms with van der Waals surface area (Å²) >= 11 is 1.09. The minimum atomic E-state index is -4.24. The molecule has 1 aromatic carbocycles. The number of fused-ring (bicyclic) bond motifs is 1. The summed E-state index contributed by atoms with van der Waals surface area (Å²) in [7, 11) is 1.33. The second kappa shape index (κ2) is 9.27. The smallest absolute Gasteiger partial charge is 0.411 e. The van der Waals surface area contributed by atoms with Crippen LogP contribution >= 0.6 is 11.3 Å². The Labute approximate surface area is 204 Å². The molecule has 5 rings (SSSR count). The van der Waals surface area contributed by atoms with Gasteiger partial charge in [0.2, 0.25) is 0 Å². The van der Waals surface area contributed by atoms with E-state index in [2.05, 4.69) is 29.8 Å². The summed E-state index contributed by atoms with van der Waals surface area (Å²) in [5.74, 6) is 0.733. The van der Waals surface area contributed by atoms with Crippen LogP contribution in [0.25, 0.3) is 10.2 Å². The van der Waals surface area contributed by atoms with Crippen LogP contribution in [0.3, 0.4) is 0 Å². The van der Waals surface area contributed by atoms with Gasteiger partial charge in [-0.2, -0.15) is 13.2 Å². The fourth-order valence-corrected chi connectivity index (χ4v) is 6.24. The number of alkyl halides is 3. The molecular formula is C24H26F3N5O2S. The third-order valence-electron chi connectivity index (χ3n) is 6.75. The molecule has 1 spiro atoms. The van der Waals surface area contributed by atoms with Gasteiger partial charge in [-0.3, -0.25) is 10.2 Å². The Kier molecular flexibility index (Phi) is 6.30. The highest BCUT2D eigenvalue weighted by atomic mass is 32.1. The summed E-state index contributed by atoms with van der Waals surface area (Å²) in [5.41, 5.74) is 1.94. The molecule has 0 aliphatic carbocycles. The van der Waals surface area contributed by atoms with Crippen LogP contribution in [-0.2, 0) is 17.7 Å². The first-order valence-corrected chi connectivity index (χ1v) is 12.3. The van der Waals surface area contributed by atoms with Crippen molar-refractivity contribution in [3.8, 4) is 0 Å². The van der Waals surface area contributed by atoms with Crippen LogP contribution in [0.5, 0.6) is 0 Å². The van der Waals surface area contributed by atoms with E-state index in [1.165, 1.54) is 13.4 Å². The van der Waals surface area contributed by atoms with Crippen LogP contribution in [0.1, 0.15) is 23.3 Å². The number of hydrogen-bond donors (Lipinski definition) is 1. The lowest BCUT2D eigenvalue weighted by Gasteiger charge is -2.25. The lowest BCUT2D eigenvalue weighted by Crippen LogP contribution is -2.31. The molecule has 7 nitrogen and oxygen atoms in total. The molecule has 2 aromatic heterocycles. The van der Waals surface area contributed by atoms with Crippen molar-refractivity contribution in [2.24, 2.45) is 5.41 Å². The fraction of sp³-hybridized carbons (Fsp3) is 0.458. The molecule has 2 aliphatic rings. The Balaban J connectivity index is 1.26. The van der Waals surface area contributed by atoms with Gasteiger partial charge in [0.25, 0.3) is 0 Å². The van der Waals surface area contributed by atoms with Gasteiger partial charge in [0, 0.05) is 42.2 Å². The number of carbonyl (C=O) groups excluding carboxylic acids is 1. The van der Waals surface area contributed by atoms with Gasteiger partial charge in [-0.1, -0.05) is 12.1 Å². The maximum Gasteiger partial charge on any atom is 0.411 e. The first-order chi connectivity index (χ1) is 16.7. The molecule has 0 radical (unpaired) electrons. The zero-order valence-corrected chi connectivity index (χ0v) is 20.1. The highest BCUT2D eigenvalue weighted by Gasteiger charge is 2.44. The average Bonchev–Trinajstić information content (AvgIpc) is 3.51. The number of methoxy groups -OCH3 is 1. The van der Waals surface area contributed by atoms with Gasteiger partial charge < -0.3 is 9.64 Å². The molecule has 4 heterocycles. The van der Waals surface area contributed by atoms with Gasteiger partial charge in [0.05, 0.1) is 18.9 Å². The number of hydrogen-bond acceptors (Lipinski definition) is 7. The Morgan fingerprint density at radius 1 is 1.20 bits per heavy atom. The quantitative estimate of drug-likeness (QED) is 0.522. The first-order valence-electron chi connectivity index (χ1n) is 11.4. The van der Waals surface area contributed by atoms with Crippen molar-refractivity contribution in [2.45, 2.75) is 32.0 Å². The third-order valence-corrected chi connectivity index (χ3v) is 7.80. The van der Waals surface area contributed by atoms with E-state index in [0.29, 0.717) is 15.9 Å². The number of amides is 1. The zero-order valence-electron chi connectivity index (χ0n) is 19.3. The number of carbonyl (C=O) groups is 1. The van der Waals surface area contributed by atoms with Gasteiger partial charge >= 0.3 is 12.3 Å². The van der Waals surface area contributed by atoms with Crippen molar-refractivity contribution < 1.29 is 22.7 Å². The second-order valence-electron chi connectivity index (χ2n) is 9.37. The number of nitrogens with zero attached hydrogens (tertiary/aromatic N) is 4. The molecule has 0 bridgehead atoms. The maximum atomic E-state index is 12.9. The summed E-state index contributed by atoms with van der Waals surface area (Å²) in [6, 6.07) is 9.34. The normalized spacial score (nSPS) is 20.7. The standard InChI is InChI=1S/C24H26F3N5O2S/c1-34-22(33)30-17-4-2-3-16(9-17)12-31-7-5-23(13-31)6-8-32(14-23)20-19-10-18(11-24(25,26)27)35-21(19)29-15-28-20/h2-4,9-10,15H,5-8,11-14H2,1H3,(H,30,33). The SMILES string of the molecule is COC(=O)Nc1cccc(CN2CCC3(CCN(c4ncnc5sc(CC(F)(F)F)cc45)C3)C2)c1. The number of anilines is 2. The predicted molar refractivity (Wildman–Crippen MR) is 129 cm³/mol. The number of nitrogens with one attached hydrogen (secondary N) is 1. The Morgan fingerprint density at radius 2 is 2.03 bits per heavy atom. The van der Waals surface area contributed by atoms with E-state index in [1.54, 1.807) is 6.07 Å². The summed E-state index contributed by atoms with van der Waals surface area (Å²) in [5, 5.41) is 3.41. The molecule has 35 heavy (non-hydrogen) atoms. The van der Waals surface area contributed by atoms with Gasteiger partial charge in [-0.25, -0.2) is 14.8 Å². The summed E-state index contributed by atoms with van der Waals surface area (Å²) in [6.45, 7) is 4.33. The molecule has 1 N–H and O–H groups in total. The number of likely N-dealkylation sites (tertiary alicyclic amines) is 1. The van der Waals surface area contributed by atoms with E-state index in [1.807, 2.05) is 24.3 Å². The summed E-state index contributed by atoms with van der Waals surface area (Å²) < 4.78 is 43.3. The molecule has 2 saturated heterocycles. The molecule has 0 saturated carbocycles. The number of rotatable bonds is 5. The maximum absolute atomic E-state index is 12.9. The molecule has 1 amide bonds. The van der Waals surface area contributed by atoms with Crippen molar-refractivity contribution >= 4 is 39.2 Å². The first kappa shape index (κ1) is 23.8. The lowest BCUT2D eigenvalue weighted by molar-refractivity contribution is -0.126. The van der Waals surface area contributed by atoms with Crippen LogP contribution in [-0.4, -0.2) is 60.4 Å². The molecule has 3 aromatic rings. The van der Waals surface area contributed by atoms with Crippen LogP contribution in [0.4, 0.5) is 29.5 Å². The van der Waals surface area contributed by atoms with E-state index in [0.717, 1.165) is 68.3 Å². The lowest BCUT2D eigenvalue weighted by atomic mass is 9.86. The topological polar surface area (TPSA) is 70.6 Å². The highest BCUT2D eigenvalue weighted by molar-refractivity contribution is 7.18. The minimum Gasteiger partial charge on any atom is -0.453 e. The van der Waals surface area contributed by atoms with E-state index < -0.39 is 18.7 Å². The minimum absolute atomic E-state index is 0.129. The largest absolute Gasteiger partial charge is 0.453 e. The molecule has 11 heteroatoms. The van der Waals surface area contributed by atoms with Gasteiger partial charge in [-0.15, -0.1) is 11.3 Å². The zero-order chi connectivity index (χ0) is 24.6. The van der Waals surface area contributed by atoms with Crippen LogP contribution in [0.15, 0.2) is 36.7 Å². The number of halogens is 3. The highest BCUT2D eigenvalue weighted by Crippen LogP contribution is 2.43. The molecule has 2 fully saturated rings. The molecular weight excluding hydrogens is 479 g/mol. The van der Waals surface area contributed by atoms with Crippen molar-refractivity contribution in [1.29, 1.82) is 0 Å². The van der Waals surface area contributed by atoms with Gasteiger partial charge in [0.15, 0.2) is 0 Å². The third kappa shape index (κ3) is 5.35. The number of benzene rings is 1. The summed E-state index contributed by atoms with van der Waals surface area (Å²) in [4.78, 5) is 25.7. The second-order valence-corrected chi connectivity index (χ2v) is 10.5. The van der Waals surface area contributed by atoms with Crippen molar-refractivity contribution in [3.05, 3.63) is 47.1 Å². The number of ether oxygens (including phenoxy) is 1. The van der Waals surface area contributed by atoms with E-state index >= 15 is 0 Å². The van der Waals surface area contributed by atoms with Crippen molar-refractivity contribution in [1.82, 2.24) is 14.9 Å². The van der Waals surface area contributed by atoms with Gasteiger partial charge in [-0.05, 0) is 43.1 Å². The average molecular weight is 506 g/mol. The Morgan fingerprint density at radius 3 is 2.83 bits per heavy atom. The Hall–Kier alpha value is -2.92. The van der Waals surface area contributed by atoms with E-state index in [-0.39, 0.29) is 10.3 Å². The Bertz CT molecular complexity index is 1230. The molecule has 1 unspecified atom stereocenters. The number of aromatic nitrogens is 2. The number of thiophene rings is 1. The van der Waals surface area contributed by atoms with Gasteiger partial charge in [0.1, 0.15) is 17.0 Å².